The van der Waals surface area contributed by atoms with E-state index in [0.29, 0.717) is 5.56 Å². The number of nitrogens with zero attached hydrogens (tertiary/aromatic N) is 1. The molecule has 1 aromatic rings. The van der Waals surface area contributed by atoms with Crippen LogP contribution in [0.4, 0.5) is 23.7 Å². The molecule has 19 heavy (non-hydrogen) atoms. The van der Waals surface area contributed by atoms with Crippen LogP contribution in [0.25, 0.3) is 0 Å². The van der Waals surface area contributed by atoms with Gasteiger partial charge in [0, 0.05) is 6.07 Å². The van der Waals surface area contributed by atoms with Crippen molar-refractivity contribution in [2.24, 2.45) is 0 Å². The van der Waals surface area contributed by atoms with E-state index < -0.39 is 18.8 Å². The fraction of sp³-hybridized carbons (Fsp3) is 0.273. The van der Waals surface area contributed by atoms with Crippen molar-refractivity contribution in [3.63, 3.8) is 0 Å². The summed E-state index contributed by atoms with van der Waals surface area (Å²) in [6.45, 7) is -1.43. The maximum atomic E-state index is 11.9. The molecule has 0 aromatic heterocycles. The predicted octanol–water partition coefficient (Wildman–Crippen LogP) is 2.25. The van der Waals surface area contributed by atoms with E-state index in [-0.39, 0.29) is 11.4 Å². The van der Waals surface area contributed by atoms with Crippen LogP contribution >= 0.6 is 0 Å². The van der Waals surface area contributed by atoms with Gasteiger partial charge in [0.15, 0.2) is 0 Å². The van der Waals surface area contributed by atoms with Gasteiger partial charge in [-0.1, -0.05) is 0 Å². The summed E-state index contributed by atoms with van der Waals surface area (Å²) in [6.07, 6.45) is -4.48. The number of benzene rings is 1. The standard InChI is InChI=1S/C11H10F3N3O2/c1-19-9-4-7(5-15)2-3-8(9)17-10(18)16-6-11(12,13)14/h2-4H,6H2,1H3,(H2,16,17,18). The number of halogens is 3. The Bertz CT molecular complexity index is 509. The SMILES string of the molecule is COc1cc(C#N)ccc1NC(=O)NCC(F)(F)F. The van der Waals surface area contributed by atoms with Gasteiger partial charge in [0.25, 0.3) is 0 Å². The first kappa shape index (κ1) is 14.6. The average Bonchev–Trinajstić information content (AvgIpc) is 2.36. The molecule has 0 spiro atoms. The van der Waals surface area contributed by atoms with E-state index in [9.17, 15) is 18.0 Å². The zero-order valence-corrected chi connectivity index (χ0v) is 9.84. The van der Waals surface area contributed by atoms with Gasteiger partial charge in [-0.2, -0.15) is 18.4 Å². The van der Waals surface area contributed by atoms with Gasteiger partial charge < -0.3 is 15.4 Å². The Balaban J connectivity index is 2.72. The fourth-order valence-corrected chi connectivity index (χ4v) is 1.21. The number of anilines is 1. The van der Waals surface area contributed by atoms with Gasteiger partial charge in [0.2, 0.25) is 0 Å². The third-order valence-electron chi connectivity index (χ3n) is 2.03. The van der Waals surface area contributed by atoms with Crippen LogP contribution in [-0.2, 0) is 0 Å². The first-order valence-corrected chi connectivity index (χ1v) is 5.05. The molecule has 0 heterocycles. The van der Waals surface area contributed by atoms with E-state index in [1.54, 1.807) is 5.32 Å². The van der Waals surface area contributed by atoms with Crippen LogP contribution in [0.2, 0.25) is 0 Å². The molecule has 5 nitrogen and oxygen atoms in total. The highest BCUT2D eigenvalue weighted by atomic mass is 19.4. The van der Waals surface area contributed by atoms with Crippen molar-refractivity contribution in [2.75, 3.05) is 19.0 Å². The summed E-state index contributed by atoms with van der Waals surface area (Å²) in [5.74, 6) is 0.182. The summed E-state index contributed by atoms with van der Waals surface area (Å²) >= 11 is 0. The molecule has 1 rings (SSSR count). The first-order valence-electron chi connectivity index (χ1n) is 5.05. The van der Waals surface area contributed by atoms with Gasteiger partial charge in [-0.15, -0.1) is 0 Å². The van der Waals surface area contributed by atoms with Crippen molar-refractivity contribution in [1.29, 1.82) is 5.26 Å². The number of ether oxygens (including phenoxy) is 1. The Morgan fingerprint density at radius 1 is 1.47 bits per heavy atom. The smallest absolute Gasteiger partial charge is 0.405 e. The molecule has 0 bridgehead atoms. The van der Waals surface area contributed by atoms with E-state index in [1.165, 1.54) is 25.3 Å². The Kier molecular flexibility index (Phi) is 4.58. The molecular formula is C11H10F3N3O2. The number of rotatable bonds is 3. The maximum Gasteiger partial charge on any atom is 0.405 e. The molecule has 0 aliphatic carbocycles. The van der Waals surface area contributed by atoms with Crippen LogP contribution in [0, 0.1) is 11.3 Å². The highest BCUT2D eigenvalue weighted by molar-refractivity contribution is 5.91. The Morgan fingerprint density at radius 2 is 2.16 bits per heavy atom. The first-order chi connectivity index (χ1) is 8.85. The van der Waals surface area contributed by atoms with Gasteiger partial charge in [-0.25, -0.2) is 4.79 Å². The molecule has 0 fully saturated rings. The number of methoxy groups -OCH3 is 1. The molecular weight excluding hydrogens is 263 g/mol. The van der Waals surface area contributed by atoms with Gasteiger partial charge in [0.1, 0.15) is 12.3 Å². The van der Waals surface area contributed by atoms with Crippen LogP contribution in [-0.4, -0.2) is 25.9 Å². The molecule has 1 aromatic carbocycles. The van der Waals surface area contributed by atoms with E-state index >= 15 is 0 Å². The minimum Gasteiger partial charge on any atom is -0.495 e. The van der Waals surface area contributed by atoms with Gasteiger partial charge >= 0.3 is 12.2 Å². The summed E-state index contributed by atoms with van der Waals surface area (Å²) < 4.78 is 40.6. The number of hydrogen-bond donors (Lipinski definition) is 2. The quantitative estimate of drug-likeness (QED) is 0.887. The third-order valence-corrected chi connectivity index (χ3v) is 2.03. The molecule has 0 unspecified atom stereocenters. The highest BCUT2D eigenvalue weighted by Crippen LogP contribution is 2.25. The minimum absolute atomic E-state index is 0.168. The number of alkyl halides is 3. The maximum absolute atomic E-state index is 11.9. The van der Waals surface area contributed by atoms with Crippen LogP contribution in [0.5, 0.6) is 5.75 Å². The average molecular weight is 273 g/mol. The molecule has 0 saturated heterocycles. The highest BCUT2D eigenvalue weighted by Gasteiger charge is 2.27. The molecule has 0 radical (unpaired) electrons. The summed E-state index contributed by atoms with van der Waals surface area (Å²) in [5.41, 5.74) is 0.472. The molecule has 2 amide bonds. The summed E-state index contributed by atoms with van der Waals surface area (Å²) in [6, 6.07) is 4.99. The number of amides is 2. The van der Waals surface area contributed by atoms with Crippen molar-refractivity contribution in [3.8, 4) is 11.8 Å². The van der Waals surface area contributed by atoms with Gasteiger partial charge in [-0.3, -0.25) is 0 Å². The molecule has 102 valence electrons. The van der Waals surface area contributed by atoms with Crippen LogP contribution in [0.3, 0.4) is 0 Å². The van der Waals surface area contributed by atoms with Crippen molar-refractivity contribution in [3.05, 3.63) is 23.8 Å². The van der Waals surface area contributed by atoms with Crippen LogP contribution in [0.1, 0.15) is 5.56 Å². The van der Waals surface area contributed by atoms with Crippen molar-refractivity contribution >= 4 is 11.7 Å². The van der Waals surface area contributed by atoms with Gasteiger partial charge in [0.05, 0.1) is 24.4 Å². The summed E-state index contributed by atoms with van der Waals surface area (Å²) in [4.78, 5) is 11.2. The number of urea groups is 1. The van der Waals surface area contributed by atoms with Crippen molar-refractivity contribution in [1.82, 2.24) is 5.32 Å². The van der Waals surface area contributed by atoms with E-state index in [2.05, 4.69) is 5.32 Å². The molecule has 0 aliphatic rings. The Morgan fingerprint density at radius 3 is 2.68 bits per heavy atom. The topological polar surface area (TPSA) is 74.1 Å². The number of nitriles is 1. The largest absolute Gasteiger partial charge is 0.495 e. The lowest BCUT2D eigenvalue weighted by atomic mass is 10.2. The lowest BCUT2D eigenvalue weighted by molar-refractivity contribution is -0.122. The second kappa shape index (κ2) is 5.95. The lowest BCUT2D eigenvalue weighted by Gasteiger charge is -2.12. The normalized spacial score (nSPS) is 10.5. The van der Waals surface area contributed by atoms with Gasteiger partial charge in [-0.05, 0) is 12.1 Å². The van der Waals surface area contributed by atoms with Crippen molar-refractivity contribution < 1.29 is 22.7 Å². The molecule has 0 saturated carbocycles. The molecule has 0 atom stereocenters. The van der Waals surface area contributed by atoms with Crippen LogP contribution in [0.15, 0.2) is 18.2 Å². The summed E-state index contributed by atoms with van der Waals surface area (Å²) in [7, 11) is 1.31. The number of carbonyl (C=O) groups is 1. The third kappa shape index (κ3) is 4.75. The number of nitrogens with one attached hydrogen (secondary N) is 2. The fourth-order valence-electron chi connectivity index (χ4n) is 1.21. The zero-order valence-electron chi connectivity index (χ0n) is 9.84. The minimum atomic E-state index is -4.48. The second-order valence-corrected chi connectivity index (χ2v) is 3.45. The number of hydrogen-bond acceptors (Lipinski definition) is 3. The molecule has 2 N–H and O–H groups in total. The summed E-state index contributed by atoms with van der Waals surface area (Å²) in [5, 5.41) is 12.5. The van der Waals surface area contributed by atoms with E-state index in [4.69, 9.17) is 10.00 Å². The Labute approximate surface area is 107 Å². The zero-order chi connectivity index (χ0) is 14.5. The van der Waals surface area contributed by atoms with E-state index in [0.717, 1.165) is 0 Å². The van der Waals surface area contributed by atoms with E-state index in [1.807, 2.05) is 6.07 Å². The monoisotopic (exact) mass is 273 g/mol. The number of carbonyl (C=O) groups excluding carboxylic acids is 1. The lowest BCUT2D eigenvalue weighted by Crippen LogP contribution is -2.36. The molecule has 8 heteroatoms. The van der Waals surface area contributed by atoms with Crippen LogP contribution < -0.4 is 15.4 Å². The second-order valence-electron chi connectivity index (χ2n) is 3.45. The predicted molar refractivity (Wildman–Crippen MR) is 60.8 cm³/mol. The Hall–Kier alpha value is -2.43. The van der Waals surface area contributed by atoms with Crippen molar-refractivity contribution in [2.45, 2.75) is 6.18 Å². The molecule has 0 aliphatic heterocycles.